The van der Waals surface area contributed by atoms with Gasteiger partial charge in [-0.15, -0.1) is 11.3 Å². The Morgan fingerprint density at radius 3 is 2.07 bits per heavy atom. The van der Waals surface area contributed by atoms with Crippen molar-refractivity contribution in [3.63, 3.8) is 0 Å². The maximum atomic E-state index is 16.5. The molecule has 8 aromatic rings. The van der Waals surface area contributed by atoms with Crippen LogP contribution in [0, 0.1) is 0 Å². The van der Waals surface area contributed by atoms with Crippen molar-refractivity contribution in [2.75, 3.05) is 4.90 Å². The average Bonchev–Trinajstić information content (AvgIpc) is 3.70. The molecule has 0 amide bonds. The van der Waals surface area contributed by atoms with Gasteiger partial charge in [0.15, 0.2) is 7.14 Å². The number of nitrogens with zero attached hydrogens (tertiary/aromatic N) is 1. The van der Waals surface area contributed by atoms with Crippen molar-refractivity contribution in [2.24, 2.45) is 0 Å². The molecule has 54 heavy (non-hydrogen) atoms. The zero-order chi connectivity index (χ0) is 35.8. The molecule has 1 aromatic heterocycles. The predicted molar refractivity (Wildman–Crippen MR) is 231 cm³/mol. The van der Waals surface area contributed by atoms with Crippen LogP contribution in [0.4, 0.5) is 11.4 Å². The van der Waals surface area contributed by atoms with E-state index in [1.807, 2.05) is 23.5 Å². The third-order valence-corrected chi connectivity index (χ3v) is 15.7. The molecule has 2 atom stereocenters. The quantitative estimate of drug-likeness (QED) is 0.168. The van der Waals surface area contributed by atoms with Gasteiger partial charge in [-0.3, -0.25) is 0 Å². The van der Waals surface area contributed by atoms with E-state index in [1.165, 1.54) is 31.3 Å². The Hall–Kier alpha value is -5.99. The Kier molecular flexibility index (Phi) is 7.17. The maximum Gasteiger partial charge on any atom is 0.172 e. The van der Waals surface area contributed by atoms with Crippen molar-refractivity contribution in [1.29, 1.82) is 0 Å². The summed E-state index contributed by atoms with van der Waals surface area (Å²) in [5, 5.41) is 5.36. The van der Waals surface area contributed by atoms with E-state index in [9.17, 15) is 0 Å². The molecular weight excluding hydrogens is 694 g/mol. The second-order valence-corrected chi connectivity index (χ2v) is 18.0. The van der Waals surface area contributed by atoms with Crippen LogP contribution in [0.1, 0.15) is 28.7 Å². The number of thiophene rings is 1. The molecule has 2 aliphatic heterocycles. The molecule has 0 saturated carbocycles. The Balaban J connectivity index is 1.06. The fourth-order valence-electron chi connectivity index (χ4n) is 8.91. The van der Waals surface area contributed by atoms with Crippen LogP contribution < -0.4 is 15.5 Å². The summed E-state index contributed by atoms with van der Waals surface area (Å²) < 4.78 is 19.1. The van der Waals surface area contributed by atoms with E-state index >= 15 is 4.57 Å². The molecule has 0 saturated heterocycles. The molecule has 0 N–H and O–H groups in total. The first-order valence-corrected chi connectivity index (χ1v) is 21.1. The average molecular weight is 728 g/mol. The number of rotatable bonds is 4. The van der Waals surface area contributed by atoms with E-state index < -0.39 is 7.14 Å². The lowest BCUT2D eigenvalue weighted by Crippen LogP contribution is -2.31. The zero-order valence-electron chi connectivity index (χ0n) is 29.4. The molecule has 2 unspecified atom stereocenters. The van der Waals surface area contributed by atoms with E-state index in [-0.39, 0.29) is 6.04 Å². The lowest BCUT2D eigenvalue weighted by atomic mass is 9.93. The Labute approximate surface area is 319 Å². The summed E-state index contributed by atoms with van der Waals surface area (Å²) in [5.74, 6) is 0. The number of hydrogen-bond acceptors (Lipinski definition) is 3. The maximum absolute atomic E-state index is 16.5. The largest absolute Gasteiger partial charge is 0.333 e. The van der Waals surface area contributed by atoms with Crippen molar-refractivity contribution in [3.8, 4) is 11.1 Å². The van der Waals surface area contributed by atoms with Crippen molar-refractivity contribution >= 4 is 77.1 Å². The van der Waals surface area contributed by atoms with E-state index in [2.05, 4.69) is 181 Å². The Morgan fingerprint density at radius 1 is 0.556 bits per heavy atom. The van der Waals surface area contributed by atoms with Gasteiger partial charge >= 0.3 is 0 Å². The van der Waals surface area contributed by atoms with Gasteiger partial charge in [-0.05, 0) is 70.6 Å². The zero-order valence-corrected chi connectivity index (χ0v) is 31.1. The molecule has 3 heterocycles. The minimum atomic E-state index is -3.33. The summed E-state index contributed by atoms with van der Waals surface area (Å²) in [5.41, 5.74) is 11.2. The van der Waals surface area contributed by atoms with E-state index in [0.717, 1.165) is 67.1 Å². The van der Waals surface area contributed by atoms with Gasteiger partial charge in [-0.25, -0.2) is 0 Å². The molecule has 3 aliphatic rings. The highest BCUT2D eigenvalue weighted by Gasteiger charge is 2.46. The highest BCUT2D eigenvalue weighted by atomic mass is 32.1. The SMILES string of the molecule is O=P1(c2cccc(-c3ccccc3)c2)C2=C(c3ccccc3N(C3C=CC(c4ccc5sc6ccccc6c5c4)=CC3)c3ccccc32)c2ccccc21. The monoisotopic (exact) mass is 727 g/mol. The third kappa shape index (κ3) is 4.69. The van der Waals surface area contributed by atoms with Crippen molar-refractivity contribution < 1.29 is 4.57 Å². The van der Waals surface area contributed by atoms with Crippen LogP contribution in [0.25, 0.3) is 47.8 Å². The van der Waals surface area contributed by atoms with Gasteiger partial charge in [-0.1, -0.05) is 152 Å². The lowest BCUT2D eigenvalue weighted by Gasteiger charge is -2.35. The first-order valence-electron chi connectivity index (χ1n) is 18.6. The van der Waals surface area contributed by atoms with Gasteiger partial charge in [-0.2, -0.15) is 0 Å². The summed E-state index contributed by atoms with van der Waals surface area (Å²) in [7, 11) is -3.33. The van der Waals surface area contributed by atoms with Crippen LogP contribution in [0.3, 0.4) is 0 Å². The van der Waals surface area contributed by atoms with Crippen molar-refractivity contribution in [2.45, 2.75) is 12.5 Å². The highest BCUT2D eigenvalue weighted by Crippen LogP contribution is 2.68. The van der Waals surface area contributed by atoms with Crippen molar-refractivity contribution in [3.05, 3.63) is 210 Å². The molecule has 2 nitrogen and oxygen atoms in total. The smallest absolute Gasteiger partial charge is 0.172 e. The van der Waals surface area contributed by atoms with Gasteiger partial charge in [0.1, 0.15) is 0 Å². The van der Waals surface area contributed by atoms with Gasteiger partial charge in [0.2, 0.25) is 0 Å². The second kappa shape index (κ2) is 12.3. The molecule has 4 heteroatoms. The second-order valence-electron chi connectivity index (χ2n) is 14.3. The van der Waals surface area contributed by atoms with E-state index in [0.29, 0.717) is 0 Å². The first kappa shape index (κ1) is 31.5. The standard InChI is InChI=1S/C50H34NOPS/c52-53(38-16-12-15-35(31-38)33-13-2-1-3-14-33)46-23-10-6-20-42(46)49-40-18-4-8-21-44(40)51(45-22-9-5-19-41(45)50(49)53)37-28-25-34(26-29-37)36-27-30-48-43(32-36)39-17-7-11-24-47(39)54-48/h1-28,30-32,37H,29H2. The van der Waals surface area contributed by atoms with Gasteiger partial charge in [0.05, 0.1) is 6.04 Å². The van der Waals surface area contributed by atoms with Gasteiger partial charge in [0, 0.05) is 64.2 Å². The van der Waals surface area contributed by atoms with Crippen LogP contribution in [0.2, 0.25) is 0 Å². The molecule has 256 valence electrons. The first-order chi connectivity index (χ1) is 26.7. The molecule has 0 spiro atoms. The number of hydrogen-bond donors (Lipinski definition) is 0. The molecule has 0 radical (unpaired) electrons. The molecule has 7 aromatic carbocycles. The fourth-order valence-corrected chi connectivity index (χ4v) is 13.3. The minimum absolute atomic E-state index is 0.0674. The van der Waals surface area contributed by atoms with Crippen LogP contribution in [0.5, 0.6) is 0 Å². The van der Waals surface area contributed by atoms with E-state index in [4.69, 9.17) is 0 Å². The highest BCUT2D eigenvalue weighted by molar-refractivity contribution is 7.88. The molecule has 0 fully saturated rings. The van der Waals surface area contributed by atoms with Crippen LogP contribution >= 0.6 is 18.5 Å². The van der Waals surface area contributed by atoms with Crippen LogP contribution in [-0.4, -0.2) is 6.04 Å². The van der Waals surface area contributed by atoms with E-state index in [1.54, 1.807) is 0 Å². The van der Waals surface area contributed by atoms with Crippen LogP contribution in [-0.2, 0) is 4.57 Å². The number of fused-ring (bicyclic) bond motifs is 9. The fraction of sp³-hybridized carbons (Fsp3) is 0.0400. The number of para-hydroxylation sites is 2. The Bertz CT molecular complexity index is 2970. The predicted octanol–water partition coefficient (Wildman–Crippen LogP) is 12.8. The normalized spacial score (nSPS) is 18.6. The summed E-state index contributed by atoms with van der Waals surface area (Å²) >= 11 is 1.86. The molecule has 0 bridgehead atoms. The third-order valence-electron chi connectivity index (χ3n) is 11.4. The van der Waals surface area contributed by atoms with Gasteiger partial charge < -0.3 is 9.46 Å². The molecule has 11 rings (SSSR count). The number of anilines is 2. The molecular formula is C50H34NOPS. The van der Waals surface area contributed by atoms with Crippen molar-refractivity contribution in [1.82, 2.24) is 0 Å². The van der Waals surface area contributed by atoms with Gasteiger partial charge in [0.25, 0.3) is 0 Å². The minimum Gasteiger partial charge on any atom is -0.333 e. The summed E-state index contributed by atoms with van der Waals surface area (Å²) in [6.07, 6.45) is 7.91. The van der Waals surface area contributed by atoms with Crippen LogP contribution in [0.15, 0.2) is 188 Å². The summed E-state index contributed by atoms with van der Waals surface area (Å²) in [6.45, 7) is 0. The number of allylic oxidation sites excluding steroid dienone is 2. The Morgan fingerprint density at radius 2 is 1.24 bits per heavy atom. The summed E-state index contributed by atoms with van der Waals surface area (Å²) in [6, 6.07) is 60.2. The summed E-state index contributed by atoms with van der Waals surface area (Å²) in [4.78, 5) is 2.50. The molecule has 1 aliphatic carbocycles. The number of benzene rings is 7. The lowest BCUT2D eigenvalue weighted by molar-refractivity contribution is 0.593. The topological polar surface area (TPSA) is 20.3 Å².